The molecule has 2 fully saturated rings. The van der Waals surface area contributed by atoms with E-state index in [0.717, 1.165) is 70.6 Å². The van der Waals surface area contributed by atoms with Crippen molar-refractivity contribution in [2.45, 2.75) is 50.9 Å². The second kappa shape index (κ2) is 18.2. The maximum atomic E-state index is 15.0. The van der Waals surface area contributed by atoms with Crippen LogP contribution in [0, 0.1) is 0 Å². The van der Waals surface area contributed by atoms with Gasteiger partial charge >= 0.3 is 0 Å². The SMILES string of the molecule is O=C(c1c(-c2ccccc2)nc2ccc(-c3ccc(-c4nc5ccccn5c4C(=O)N4CCC[C@H]4Cn4ccc(-c5ccc(Cl)cn5)n4)cc3)cn12)N1CCC[C@H]1Cn1cc(-c2ccc(Cl)cn2)cn1. The average Bonchev–Trinajstić information content (AvgIpc) is 4.27. The lowest BCUT2D eigenvalue weighted by atomic mass is 10.0. The first-order valence-corrected chi connectivity index (χ1v) is 24.1. The van der Waals surface area contributed by atoms with Crippen LogP contribution in [0.4, 0.5) is 0 Å². The summed E-state index contributed by atoms with van der Waals surface area (Å²) in [4.78, 5) is 52.8. The summed E-state index contributed by atoms with van der Waals surface area (Å²) in [5.74, 6) is -0.157. The van der Waals surface area contributed by atoms with Gasteiger partial charge in [-0.25, -0.2) is 9.97 Å². The van der Waals surface area contributed by atoms with Gasteiger partial charge in [0.1, 0.15) is 39.8 Å². The number of carbonyl (C=O) groups excluding carboxylic acids is 2. The van der Waals surface area contributed by atoms with Crippen molar-refractivity contribution in [1.29, 1.82) is 0 Å². The Bertz CT molecular complexity index is 3550. The summed E-state index contributed by atoms with van der Waals surface area (Å²) in [5, 5.41) is 10.6. The van der Waals surface area contributed by atoms with Crippen molar-refractivity contribution in [2.24, 2.45) is 0 Å². The maximum Gasteiger partial charge on any atom is 0.273 e. The van der Waals surface area contributed by atoms with Crippen LogP contribution in [0.15, 0.2) is 159 Å². The molecule has 2 atom stereocenters. The molecule has 0 radical (unpaired) electrons. The van der Waals surface area contributed by atoms with Crippen LogP contribution in [0.25, 0.3) is 67.6 Å². The van der Waals surface area contributed by atoms with E-state index in [1.807, 2.05) is 162 Å². The lowest BCUT2D eigenvalue weighted by Crippen LogP contribution is -2.39. The second-order valence-electron chi connectivity index (χ2n) is 17.8. The number of amides is 2. The van der Waals surface area contributed by atoms with Crippen molar-refractivity contribution in [1.82, 2.24) is 58.1 Å². The Kier molecular flexibility index (Phi) is 11.3. The second-order valence-corrected chi connectivity index (χ2v) is 18.7. The number of aromatic nitrogens is 10. The van der Waals surface area contributed by atoms with Gasteiger partial charge in [0.05, 0.1) is 52.8 Å². The summed E-state index contributed by atoms with van der Waals surface area (Å²) in [6.07, 6.45) is 16.3. The Labute approximate surface area is 412 Å². The molecule has 8 aromatic heterocycles. The average molecular weight is 964 g/mol. The quantitative estimate of drug-likeness (QED) is 0.125. The van der Waals surface area contributed by atoms with Gasteiger partial charge in [-0.15, -0.1) is 0 Å². The van der Waals surface area contributed by atoms with E-state index in [1.165, 1.54) is 0 Å². The van der Waals surface area contributed by atoms with E-state index in [1.54, 1.807) is 24.7 Å². The number of halogens is 2. The number of rotatable bonds is 11. The number of hydrogen-bond donors (Lipinski definition) is 0. The third kappa shape index (κ3) is 8.18. The first-order chi connectivity index (χ1) is 34.3. The Hall–Kier alpha value is -7.94. The molecule has 2 aromatic carbocycles. The predicted molar refractivity (Wildman–Crippen MR) is 269 cm³/mol. The van der Waals surface area contributed by atoms with Gasteiger partial charge in [-0.05, 0) is 91.4 Å². The van der Waals surface area contributed by atoms with Crippen LogP contribution in [0.2, 0.25) is 10.0 Å². The molecule has 0 N–H and O–H groups in total. The number of likely N-dealkylation sites (tertiary alicyclic amines) is 2. The molecule has 12 rings (SSSR count). The lowest BCUT2D eigenvalue weighted by Gasteiger charge is -2.25. The highest BCUT2D eigenvalue weighted by Crippen LogP contribution is 2.34. The number of imidazole rings is 2. The standard InChI is InChI=1S/C54H44Cl2N12O2/c55-40-18-20-44(57-29-40)39-28-59-64(31-39)34-43-11-7-26-66(43)54(70)52-49(36-8-2-1-3-9-36)61-48-22-17-38(32-68(48)52)35-13-15-37(16-14-35)50-51(67-24-5-4-12-47(67)60-50)53(69)65-25-6-10-42(65)33-63-27-23-46(62-63)45-21-19-41(56)30-58-45/h1-5,8-9,12-24,27-32,42-43H,6-7,10-11,25-26,33-34H2/t42-,43-/m0/s1. The van der Waals surface area contributed by atoms with Crippen molar-refractivity contribution in [3.63, 3.8) is 0 Å². The molecular formula is C54H44Cl2N12O2. The minimum atomic E-state index is -0.0815. The molecule has 0 bridgehead atoms. The fraction of sp³-hybridized carbons (Fsp3) is 0.185. The number of pyridine rings is 4. The fourth-order valence-corrected chi connectivity index (χ4v) is 10.2. The highest BCUT2D eigenvalue weighted by Gasteiger charge is 2.35. The number of benzene rings is 2. The first-order valence-electron chi connectivity index (χ1n) is 23.4. The van der Waals surface area contributed by atoms with Crippen LogP contribution in [-0.2, 0) is 13.1 Å². The van der Waals surface area contributed by atoms with Gasteiger partial charge in [0, 0.05) is 67.0 Å². The molecule has 2 saturated heterocycles. The summed E-state index contributed by atoms with van der Waals surface area (Å²) >= 11 is 12.2. The van der Waals surface area contributed by atoms with Gasteiger partial charge in [-0.1, -0.05) is 83.9 Å². The van der Waals surface area contributed by atoms with E-state index in [-0.39, 0.29) is 23.9 Å². The Morgan fingerprint density at radius 3 is 1.80 bits per heavy atom. The van der Waals surface area contributed by atoms with Crippen molar-refractivity contribution >= 4 is 46.3 Å². The zero-order valence-electron chi connectivity index (χ0n) is 37.8. The van der Waals surface area contributed by atoms with Crippen LogP contribution in [0.1, 0.15) is 46.7 Å². The molecule has 0 spiro atoms. The summed E-state index contributed by atoms with van der Waals surface area (Å²) in [7, 11) is 0. The predicted octanol–water partition coefficient (Wildman–Crippen LogP) is 10.4. The molecule has 10 aromatic rings. The third-order valence-corrected chi connectivity index (χ3v) is 13.9. The van der Waals surface area contributed by atoms with Gasteiger partial charge in [0.15, 0.2) is 0 Å². The molecule has 2 amide bonds. The van der Waals surface area contributed by atoms with Crippen LogP contribution in [0.5, 0.6) is 0 Å². The van der Waals surface area contributed by atoms with E-state index in [2.05, 4.69) is 15.1 Å². The third-order valence-electron chi connectivity index (χ3n) is 13.5. The maximum absolute atomic E-state index is 15.0. The zero-order valence-corrected chi connectivity index (χ0v) is 39.3. The Morgan fingerprint density at radius 1 is 0.514 bits per heavy atom. The van der Waals surface area contributed by atoms with E-state index in [4.69, 9.17) is 38.3 Å². The molecule has 0 unspecified atom stereocenters. The van der Waals surface area contributed by atoms with Crippen LogP contribution >= 0.6 is 23.2 Å². The largest absolute Gasteiger partial charge is 0.332 e. The van der Waals surface area contributed by atoms with Gasteiger partial charge in [-0.3, -0.25) is 37.7 Å². The highest BCUT2D eigenvalue weighted by atomic mass is 35.5. The monoisotopic (exact) mass is 962 g/mol. The van der Waals surface area contributed by atoms with E-state index in [0.29, 0.717) is 70.3 Å². The van der Waals surface area contributed by atoms with Crippen molar-refractivity contribution in [3.05, 3.63) is 180 Å². The first kappa shape index (κ1) is 43.3. The van der Waals surface area contributed by atoms with Crippen molar-refractivity contribution in [3.8, 4) is 56.3 Å². The Balaban J connectivity index is 0.833. The molecular weight excluding hydrogens is 920 g/mol. The van der Waals surface area contributed by atoms with Crippen LogP contribution in [-0.4, -0.2) is 95.1 Å². The lowest BCUT2D eigenvalue weighted by molar-refractivity contribution is 0.0707. The molecule has 14 nitrogen and oxygen atoms in total. The summed E-state index contributed by atoms with van der Waals surface area (Å²) < 4.78 is 7.61. The Morgan fingerprint density at radius 2 is 1.11 bits per heavy atom. The van der Waals surface area contributed by atoms with E-state index < -0.39 is 0 Å². The zero-order chi connectivity index (χ0) is 47.3. The molecule has 0 aliphatic carbocycles. The van der Waals surface area contributed by atoms with Gasteiger partial charge < -0.3 is 9.80 Å². The molecule has 70 heavy (non-hydrogen) atoms. The minimum absolute atomic E-state index is 0.0559. The van der Waals surface area contributed by atoms with Crippen LogP contribution in [0.3, 0.4) is 0 Å². The minimum Gasteiger partial charge on any atom is -0.332 e. The number of nitrogens with zero attached hydrogens (tertiary/aromatic N) is 12. The van der Waals surface area contributed by atoms with Crippen molar-refractivity contribution < 1.29 is 9.59 Å². The number of fused-ring (bicyclic) bond motifs is 2. The fourth-order valence-electron chi connectivity index (χ4n) is 10.00. The molecule has 0 saturated carbocycles. The normalized spacial score (nSPS) is 16.0. The topological polar surface area (TPSA) is 137 Å². The summed E-state index contributed by atoms with van der Waals surface area (Å²) in [5.41, 5.74) is 10.3. The van der Waals surface area contributed by atoms with Gasteiger partial charge in [0.25, 0.3) is 11.8 Å². The highest BCUT2D eigenvalue weighted by molar-refractivity contribution is 6.30. The van der Waals surface area contributed by atoms with Crippen molar-refractivity contribution in [2.75, 3.05) is 13.1 Å². The smallest absolute Gasteiger partial charge is 0.273 e. The van der Waals surface area contributed by atoms with Gasteiger partial charge in [0.2, 0.25) is 0 Å². The summed E-state index contributed by atoms with van der Waals surface area (Å²) in [6, 6.07) is 36.9. The number of carbonyl (C=O) groups is 2. The van der Waals surface area contributed by atoms with Gasteiger partial charge in [-0.2, -0.15) is 10.2 Å². The molecule has 2 aliphatic rings. The summed E-state index contributed by atoms with van der Waals surface area (Å²) in [6.45, 7) is 2.35. The molecule has 16 heteroatoms. The number of hydrogen-bond acceptors (Lipinski definition) is 8. The van der Waals surface area contributed by atoms with E-state index in [9.17, 15) is 4.79 Å². The molecule has 2 aliphatic heterocycles. The van der Waals surface area contributed by atoms with E-state index >= 15 is 4.79 Å². The molecule has 10 heterocycles. The van der Waals surface area contributed by atoms with Crippen LogP contribution < -0.4 is 0 Å². The molecule has 346 valence electrons.